The van der Waals surface area contributed by atoms with Gasteiger partial charge in [0.05, 0.1) is 37.0 Å². The lowest BCUT2D eigenvalue weighted by Gasteiger charge is -2.30. The largest absolute Gasteiger partial charge is 0.497 e. The lowest BCUT2D eigenvalue weighted by molar-refractivity contribution is -0.385. The molecule has 34 heavy (non-hydrogen) atoms. The third-order valence-corrected chi connectivity index (χ3v) is 8.27. The molecule has 0 spiro atoms. The van der Waals surface area contributed by atoms with Crippen LogP contribution in [0.5, 0.6) is 5.75 Å². The molecular formula is C23H30N4O6S. The van der Waals surface area contributed by atoms with Crippen LogP contribution in [0.15, 0.2) is 47.4 Å². The van der Waals surface area contributed by atoms with Crippen LogP contribution in [0.2, 0.25) is 0 Å². The molecule has 1 atom stereocenters. The Labute approximate surface area is 199 Å². The molecule has 0 saturated carbocycles. The van der Waals surface area contributed by atoms with Crippen molar-refractivity contribution in [3.63, 3.8) is 0 Å². The summed E-state index contributed by atoms with van der Waals surface area (Å²) in [4.78, 5) is 13.1. The predicted octanol–water partition coefficient (Wildman–Crippen LogP) is 2.87. The van der Waals surface area contributed by atoms with E-state index in [9.17, 15) is 18.5 Å². The Morgan fingerprint density at radius 3 is 2.38 bits per heavy atom. The second-order valence-corrected chi connectivity index (χ2v) is 10.3. The van der Waals surface area contributed by atoms with Gasteiger partial charge in [-0.2, -0.15) is 4.31 Å². The van der Waals surface area contributed by atoms with Crippen LogP contribution in [-0.4, -0.2) is 75.6 Å². The number of non-ortho nitro benzene ring substituents is 1. The number of nitro groups is 1. The van der Waals surface area contributed by atoms with E-state index in [1.165, 1.54) is 16.4 Å². The highest BCUT2D eigenvalue weighted by atomic mass is 32.2. The molecule has 1 N–H and O–H groups in total. The minimum atomic E-state index is -3.93. The summed E-state index contributed by atoms with van der Waals surface area (Å²) in [5, 5.41) is 14.7. The lowest BCUT2D eigenvalue weighted by Crippen LogP contribution is -2.41. The molecule has 2 saturated heterocycles. The number of ether oxygens (including phenoxy) is 2. The SMILES string of the molecule is COc1ccc(C(CNc2ccc([N+](=O)[O-])cc2S(=O)(=O)N2CCOCC2)N2CCCC2)cc1. The van der Waals surface area contributed by atoms with E-state index in [4.69, 9.17) is 9.47 Å². The van der Waals surface area contributed by atoms with E-state index in [-0.39, 0.29) is 29.7 Å². The molecule has 0 amide bonds. The molecule has 2 aromatic rings. The van der Waals surface area contributed by atoms with Crippen LogP contribution >= 0.6 is 0 Å². The molecule has 2 fully saturated rings. The summed E-state index contributed by atoms with van der Waals surface area (Å²) in [6.07, 6.45) is 2.22. The highest BCUT2D eigenvalue weighted by Crippen LogP contribution is 2.32. The number of methoxy groups -OCH3 is 1. The van der Waals surface area contributed by atoms with Gasteiger partial charge in [-0.25, -0.2) is 8.42 Å². The van der Waals surface area contributed by atoms with Crippen molar-refractivity contribution in [2.75, 3.05) is 58.4 Å². The summed E-state index contributed by atoms with van der Waals surface area (Å²) in [5.41, 5.74) is 1.19. The lowest BCUT2D eigenvalue weighted by atomic mass is 10.0. The summed E-state index contributed by atoms with van der Waals surface area (Å²) in [6.45, 7) is 3.39. The molecule has 0 aromatic heterocycles. The molecule has 0 radical (unpaired) electrons. The fraction of sp³-hybridized carbons (Fsp3) is 0.478. The number of hydrogen-bond donors (Lipinski definition) is 1. The van der Waals surface area contributed by atoms with Crippen molar-refractivity contribution in [3.05, 3.63) is 58.1 Å². The summed E-state index contributed by atoms with van der Waals surface area (Å²) >= 11 is 0. The highest BCUT2D eigenvalue weighted by molar-refractivity contribution is 7.89. The minimum Gasteiger partial charge on any atom is -0.497 e. The number of morpholine rings is 1. The predicted molar refractivity (Wildman–Crippen MR) is 128 cm³/mol. The standard InChI is InChI=1S/C23H30N4O6S/c1-32-20-7-4-18(5-8-20)22(25-10-2-3-11-25)17-24-21-9-6-19(27(28)29)16-23(21)34(30,31)26-12-14-33-15-13-26/h4-9,16,22,24H,2-3,10-15,17H2,1H3. The number of likely N-dealkylation sites (tertiary alicyclic amines) is 1. The number of nitro benzene ring substituents is 1. The highest BCUT2D eigenvalue weighted by Gasteiger charge is 2.31. The smallest absolute Gasteiger partial charge is 0.270 e. The number of sulfonamides is 1. The molecule has 0 aliphatic carbocycles. The molecule has 2 aliphatic rings. The quantitative estimate of drug-likeness (QED) is 0.422. The number of hydrogen-bond acceptors (Lipinski definition) is 8. The summed E-state index contributed by atoms with van der Waals surface area (Å²) < 4.78 is 38.7. The Morgan fingerprint density at radius 1 is 1.09 bits per heavy atom. The van der Waals surface area contributed by atoms with Gasteiger partial charge in [0.15, 0.2) is 0 Å². The summed E-state index contributed by atoms with van der Waals surface area (Å²) in [7, 11) is -2.31. The molecule has 2 aromatic carbocycles. The zero-order valence-electron chi connectivity index (χ0n) is 19.2. The molecule has 4 rings (SSSR count). The first kappa shape index (κ1) is 24.4. The van der Waals surface area contributed by atoms with Crippen LogP contribution in [0.4, 0.5) is 11.4 Å². The number of rotatable bonds is 9. The number of nitrogens with zero attached hydrogens (tertiary/aromatic N) is 3. The van der Waals surface area contributed by atoms with Crippen molar-refractivity contribution < 1.29 is 22.8 Å². The van der Waals surface area contributed by atoms with Crippen molar-refractivity contribution in [3.8, 4) is 5.75 Å². The van der Waals surface area contributed by atoms with Crippen molar-refractivity contribution in [1.82, 2.24) is 9.21 Å². The zero-order valence-corrected chi connectivity index (χ0v) is 20.0. The summed E-state index contributed by atoms with van der Waals surface area (Å²) in [6, 6.07) is 11.8. The van der Waals surface area contributed by atoms with Gasteiger partial charge >= 0.3 is 0 Å². The van der Waals surface area contributed by atoms with Crippen LogP contribution in [0, 0.1) is 10.1 Å². The fourth-order valence-corrected chi connectivity index (χ4v) is 6.05. The van der Waals surface area contributed by atoms with Crippen LogP contribution < -0.4 is 10.1 Å². The molecular weight excluding hydrogens is 460 g/mol. The Bertz CT molecular complexity index is 1100. The third-order valence-electron chi connectivity index (χ3n) is 6.33. The van der Waals surface area contributed by atoms with Crippen molar-refractivity contribution >= 4 is 21.4 Å². The van der Waals surface area contributed by atoms with E-state index in [0.29, 0.717) is 25.4 Å². The van der Waals surface area contributed by atoms with Gasteiger partial charge in [0, 0.05) is 31.8 Å². The minimum absolute atomic E-state index is 0.0162. The first-order valence-electron chi connectivity index (χ1n) is 11.4. The van der Waals surface area contributed by atoms with E-state index in [1.54, 1.807) is 7.11 Å². The molecule has 10 nitrogen and oxygen atoms in total. The van der Waals surface area contributed by atoms with Gasteiger partial charge in [0.2, 0.25) is 10.0 Å². The summed E-state index contributed by atoms with van der Waals surface area (Å²) in [5.74, 6) is 0.770. The van der Waals surface area contributed by atoms with Gasteiger partial charge in [0.1, 0.15) is 10.6 Å². The Morgan fingerprint density at radius 2 is 1.76 bits per heavy atom. The third kappa shape index (κ3) is 5.33. The van der Waals surface area contributed by atoms with E-state index >= 15 is 0 Å². The molecule has 184 valence electrons. The van der Waals surface area contributed by atoms with Crippen molar-refractivity contribution in [2.24, 2.45) is 0 Å². The van der Waals surface area contributed by atoms with E-state index < -0.39 is 14.9 Å². The first-order valence-corrected chi connectivity index (χ1v) is 12.8. The maximum atomic E-state index is 13.4. The van der Waals surface area contributed by atoms with E-state index in [2.05, 4.69) is 10.2 Å². The normalized spacial score (nSPS) is 18.5. The Balaban J connectivity index is 1.63. The molecule has 2 aliphatic heterocycles. The van der Waals surface area contributed by atoms with E-state index in [1.807, 2.05) is 24.3 Å². The Hall–Kier alpha value is -2.73. The number of nitrogens with one attached hydrogen (secondary N) is 1. The Kier molecular flexibility index (Phi) is 7.67. The van der Waals surface area contributed by atoms with Gasteiger partial charge in [0.25, 0.3) is 5.69 Å². The second kappa shape index (κ2) is 10.7. The van der Waals surface area contributed by atoms with Gasteiger partial charge in [-0.15, -0.1) is 0 Å². The van der Waals surface area contributed by atoms with Crippen LogP contribution in [0.25, 0.3) is 0 Å². The average Bonchev–Trinajstić information content (AvgIpc) is 3.39. The number of benzene rings is 2. The van der Waals surface area contributed by atoms with Gasteiger partial charge in [-0.1, -0.05) is 12.1 Å². The van der Waals surface area contributed by atoms with Gasteiger partial charge in [-0.05, 0) is 49.7 Å². The monoisotopic (exact) mass is 490 g/mol. The van der Waals surface area contributed by atoms with Crippen molar-refractivity contribution in [1.29, 1.82) is 0 Å². The first-order chi connectivity index (χ1) is 16.4. The zero-order chi connectivity index (χ0) is 24.1. The average molecular weight is 491 g/mol. The van der Waals surface area contributed by atoms with Crippen LogP contribution in [-0.2, 0) is 14.8 Å². The molecule has 11 heteroatoms. The molecule has 1 unspecified atom stereocenters. The van der Waals surface area contributed by atoms with Gasteiger partial charge in [-0.3, -0.25) is 15.0 Å². The van der Waals surface area contributed by atoms with Gasteiger partial charge < -0.3 is 14.8 Å². The molecule has 2 heterocycles. The topological polar surface area (TPSA) is 114 Å². The van der Waals surface area contributed by atoms with Crippen LogP contribution in [0.3, 0.4) is 0 Å². The van der Waals surface area contributed by atoms with Crippen molar-refractivity contribution in [2.45, 2.75) is 23.8 Å². The maximum Gasteiger partial charge on any atom is 0.270 e. The number of anilines is 1. The maximum absolute atomic E-state index is 13.4. The molecule has 0 bridgehead atoms. The van der Waals surface area contributed by atoms with E-state index in [0.717, 1.165) is 43.3 Å². The second-order valence-electron chi connectivity index (χ2n) is 8.37. The fourth-order valence-electron chi connectivity index (χ4n) is 4.45. The van der Waals surface area contributed by atoms with Crippen LogP contribution in [0.1, 0.15) is 24.4 Å².